The summed E-state index contributed by atoms with van der Waals surface area (Å²) < 4.78 is 7.51. The fraction of sp³-hybridized carbons (Fsp3) is 0.571. The minimum atomic E-state index is 0.240. The van der Waals surface area contributed by atoms with Gasteiger partial charge >= 0.3 is 0 Å². The monoisotopic (exact) mass is 262 g/mol. The quantitative estimate of drug-likeness (QED) is 0.869. The highest BCUT2D eigenvalue weighted by atomic mass is 16.3. The van der Waals surface area contributed by atoms with Crippen LogP contribution in [0.3, 0.4) is 0 Å². The second-order valence-corrected chi connectivity index (χ2v) is 4.87. The molecule has 0 aliphatic carbocycles. The molecule has 0 bridgehead atoms. The number of hydrogen-bond donors (Lipinski definition) is 1. The summed E-state index contributed by atoms with van der Waals surface area (Å²) in [4.78, 5) is 4.29. The molecule has 0 radical (unpaired) electrons. The van der Waals surface area contributed by atoms with E-state index in [1.807, 2.05) is 18.5 Å². The summed E-state index contributed by atoms with van der Waals surface area (Å²) in [6, 6.07) is 2.33. The van der Waals surface area contributed by atoms with Gasteiger partial charge in [0, 0.05) is 18.2 Å². The molecule has 104 valence electrons. The van der Waals surface area contributed by atoms with E-state index in [-0.39, 0.29) is 6.04 Å². The van der Waals surface area contributed by atoms with Crippen molar-refractivity contribution in [3.8, 4) is 0 Å². The molecular weight excluding hydrogens is 240 g/mol. The average molecular weight is 262 g/mol. The molecule has 1 unspecified atom stereocenters. The predicted molar refractivity (Wildman–Crippen MR) is 73.7 cm³/mol. The van der Waals surface area contributed by atoms with Crippen molar-refractivity contribution >= 4 is 0 Å². The molecule has 2 rings (SSSR count). The van der Waals surface area contributed by atoms with Crippen molar-refractivity contribution < 1.29 is 4.42 Å². The van der Waals surface area contributed by atoms with Crippen molar-refractivity contribution in [1.29, 1.82) is 0 Å². The number of aromatic nitrogens is 3. The minimum Gasteiger partial charge on any atom is -0.466 e. The van der Waals surface area contributed by atoms with Crippen LogP contribution in [0.4, 0.5) is 0 Å². The molecule has 0 amide bonds. The summed E-state index contributed by atoms with van der Waals surface area (Å²) >= 11 is 0. The van der Waals surface area contributed by atoms with Crippen molar-refractivity contribution in [1.82, 2.24) is 20.1 Å². The van der Waals surface area contributed by atoms with Crippen molar-refractivity contribution in [2.24, 2.45) is 0 Å². The van der Waals surface area contributed by atoms with E-state index in [1.54, 1.807) is 6.33 Å². The molecule has 0 aliphatic rings. The maximum absolute atomic E-state index is 5.56. The highest BCUT2D eigenvalue weighted by Gasteiger charge is 2.13. The highest BCUT2D eigenvalue weighted by Crippen LogP contribution is 2.21. The van der Waals surface area contributed by atoms with Gasteiger partial charge in [-0.2, -0.15) is 5.10 Å². The van der Waals surface area contributed by atoms with Gasteiger partial charge in [0.05, 0.1) is 6.54 Å². The van der Waals surface area contributed by atoms with Gasteiger partial charge in [0.25, 0.3) is 0 Å². The summed E-state index contributed by atoms with van der Waals surface area (Å²) in [6.07, 6.45) is 2.68. The average Bonchev–Trinajstić information content (AvgIpc) is 2.93. The summed E-state index contributed by atoms with van der Waals surface area (Å²) in [5.41, 5.74) is 1.21. The summed E-state index contributed by atoms with van der Waals surface area (Å²) in [7, 11) is 0. The summed E-state index contributed by atoms with van der Waals surface area (Å²) in [6.45, 7) is 9.87. The Bertz CT molecular complexity index is 529. The Morgan fingerprint density at radius 2 is 2.21 bits per heavy atom. The van der Waals surface area contributed by atoms with Crippen molar-refractivity contribution in [2.75, 3.05) is 0 Å². The topological polar surface area (TPSA) is 55.9 Å². The van der Waals surface area contributed by atoms with Crippen LogP contribution in [-0.4, -0.2) is 14.8 Å². The smallest absolute Gasteiger partial charge is 0.140 e. The fourth-order valence-corrected chi connectivity index (χ4v) is 2.26. The number of nitrogens with one attached hydrogen (secondary N) is 1. The van der Waals surface area contributed by atoms with E-state index < -0.39 is 0 Å². The molecule has 1 atom stereocenters. The molecule has 1 N–H and O–H groups in total. The molecule has 0 aromatic carbocycles. The lowest BCUT2D eigenvalue weighted by molar-refractivity contribution is 0.481. The van der Waals surface area contributed by atoms with Crippen LogP contribution < -0.4 is 5.32 Å². The Kier molecular flexibility index (Phi) is 4.37. The van der Waals surface area contributed by atoms with Gasteiger partial charge in [-0.3, -0.25) is 0 Å². The van der Waals surface area contributed by atoms with E-state index >= 15 is 0 Å². The standard InChI is InChI=1S/C14H22N4O/c1-5-6-18-14(16-9-17-18)8-15-11(3)13-7-10(2)19-12(13)4/h7,9,11,15H,5-6,8H2,1-4H3. The molecule has 2 heterocycles. The molecule has 0 aliphatic heterocycles. The Morgan fingerprint density at radius 1 is 1.42 bits per heavy atom. The second kappa shape index (κ2) is 6.02. The van der Waals surface area contributed by atoms with Gasteiger partial charge in [0.1, 0.15) is 23.7 Å². The van der Waals surface area contributed by atoms with Gasteiger partial charge in [0.2, 0.25) is 0 Å². The van der Waals surface area contributed by atoms with Gasteiger partial charge in [0.15, 0.2) is 0 Å². The Labute approximate surface area is 114 Å². The third kappa shape index (κ3) is 3.23. The lowest BCUT2D eigenvalue weighted by Crippen LogP contribution is -2.21. The van der Waals surface area contributed by atoms with E-state index in [0.717, 1.165) is 30.3 Å². The van der Waals surface area contributed by atoms with Crippen molar-refractivity contribution in [3.05, 3.63) is 35.3 Å². The van der Waals surface area contributed by atoms with Gasteiger partial charge in [-0.05, 0) is 33.3 Å². The van der Waals surface area contributed by atoms with Gasteiger partial charge in [-0.15, -0.1) is 0 Å². The van der Waals surface area contributed by atoms with Crippen LogP contribution in [0.15, 0.2) is 16.8 Å². The van der Waals surface area contributed by atoms with E-state index in [4.69, 9.17) is 4.42 Å². The number of aryl methyl sites for hydroxylation is 3. The van der Waals surface area contributed by atoms with Crippen LogP contribution in [0.25, 0.3) is 0 Å². The van der Waals surface area contributed by atoms with Crippen LogP contribution in [0, 0.1) is 13.8 Å². The van der Waals surface area contributed by atoms with Crippen LogP contribution in [0.1, 0.15) is 49.2 Å². The molecule has 19 heavy (non-hydrogen) atoms. The molecule has 5 nitrogen and oxygen atoms in total. The Hall–Kier alpha value is -1.62. The zero-order valence-corrected chi connectivity index (χ0v) is 12.1. The van der Waals surface area contributed by atoms with Crippen LogP contribution in [-0.2, 0) is 13.1 Å². The molecule has 0 spiro atoms. The lowest BCUT2D eigenvalue weighted by Gasteiger charge is -2.13. The zero-order chi connectivity index (χ0) is 13.8. The zero-order valence-electron chi connectivity index (χ0n) is 12.1. The third-order valence-corrected chi connectivity index (χ3v) is 3.24. The Morgan fingerprint density at radius 3 is 2.84 bits per heavy atom. The van der Waals surface area contributed by atoms with Crippen LogP contribution >= 0.6 is 0 Å². The molecular formula is C14H22N4O. The lowest BCUT2D eigenvalue weighted by atomic mass is 10.1. The molecule has 0 saturated carbocycles. The van der Waals surface area contributed by atoms with Crippen molar-refractivity contribution in [2.45, 2.75) is 53.2 Å². The first-order valence-electron chi connectivity index (χ1n) is 6.78. The first-order valence-corrected chi connectivity index (χ1v) is 6.78. The van der Waals surface area contributed by atoms with E-state index in [0.29, 0.717) is 6.54 Å². The van der Waals surface area contributed by atoms with Crippen LogP contribution in [0.5, 0.6) is 0 Å². The van der Waals surface area contributed by atoms with Gasteiger partial charge < -0.3 is 9.73 Å². The number of furan rings is 1. The first kappa shape index (κ1) is 13.8. The number of hydrogen-bond acceptors (Lipinski definition) is 4. The number of nitrogens with zero attached hydrogens (tertiary/aromatic N) is 3. The van der Waals surface area contributed by atoms with E-state index in [1.165, 1.54) is 5.56 Å². The second-order valence-electron chi connectivity index (χ2n) is 4.87. The largest absolute Gasteiger partial charge is 0.466 e. The maximum atomic E-state index is 5.56. The third-order valence-electron chi connectivity index (χ3n) is 3.24. The number of rotatable bonds is 6. The molecule has 0 fully saturated rings. The first-order chi connectivity index (χ1) is 9.11. The van der Waals surface area contributed by atoms with Crippen LogP contribution in [0.2, 0.25) is 0 Å². The fourth-order valence-electron chi connectivity index (χ4n) is 2.26. The highest BCUT2D eigenvalue weighted by molar-refractivity contribution is 5.23. The summed E-state index contributed by atoms with van der Waals surface area (Å²) in [5, 5.41) is 7.70. The Balaban J connectivity index is 1.98. The summed E-state index contributed by atoms with van der Waals surface area (Å²) in [5.74, 6) is 2.91. The van der Waals surface area contributed by atoms with Gasteiger partial charge in [-0.25, -0.2) is 9.67 Å². The van der Waals surface area contributed by atoms with E-state index in [2.05, 4.69) is 35.3 Å². The minimum absolute atomic E-state index is 0.240. The predicted octanol–water partition coefficient (Wildman–Crippen LogP) is 2.75. The maximum Gasteiger partial charge on any atom is 0.140 e. The van der Waals surface area contributed by atoms with Crippen molar-refractivity contribution in [3.63, 3.8) is 0 Å². The van der Waals surface area contributed by atoms with Gasteiger partial charge in [-0.1, -0.05) is 6.92 Å². The molecule has 2 aromatic rings. The molecule has 2 aromatic heterocycles. The SMILES string of the molecule is CCCn1ncnc1CNC(C)c1cc(C)oc1C. The van der Waals surface area contributed by atoms with E-state index in [9.17, 15) is 0 Å². The normalized spacial score (nSPS) is 12.8. The molecule has 5 heteroatoms. The molecule has 0 saturated heterocycles.